The van der Waals surface area contributed by atoms with Gasteiger partial charge in [0.1, 0.15) is 24.7 Å². The van der Waals surface area contributed by atoms with Crippen molar-refractivity contribution >= 4 is 0 Å². The first-order valence-corrected chi connectivity index (χ1v) is 12.7. The molecule has 5 heteroatoms. The van der Waals surface area contributed by atoms with E-state index in [9.17, 15) is 5.11 Å². The monoisotopic (exact) mass is 452 g/mol. The minimum absolute atomic E-state index is 0.355. The molecule has 2 aromatic rings. The predicted molar refractivity (Wildman–Crippen MR) is 133 cm³/mol. The van der Waals surface area contributed by atoms with Crippen LogP contribution in [-0.2, 0) is 6.54 Å². The van der Waals surface area contributed by atoms with Gasteiger partial charge >= 0.3 is 0 Å². The van der Waals surface area contributed by atoms with Crippen LogP contribution < -0.4 is 9.47 Å². The number of hydrogen-bond donors (Lipinski definition) is 1. The number of likely N-dealkylation sites (tertiary alicyclic amines) is 2. The Hall–Kier alpha value is -2.08. The van der Waals surface area contributed by atoms with Gasteiger partial charge in [-0.05, 0) is 88.5 Å². The number of piperidine rings is 1. The van der Waals surface area contributed by atoms with Crippen LogP contribution in [0.2, 0.25) is 0 Å². The maximum Gasteiger partial charge on any atom is 0.119 e. The highest BCUT2D eigenvalue weighted by atomic mass is 16.5. The van der Waals surface area contributed by atoms with Crippen LogP contribution in [0.15, 0.2) is 48.5 Å². The molecule has 2 aromatic carbocycles. The van der Waals surface area contributed by atoms with Crippen LogP contribution in [0.1, 0.15) is 49.7 Å². The van der Waals surface area contributed by atoms with Crippen LogP contribution >= 0.6 is 0 Å². The predicted octanol–water partition coefficient (Wildman–Crippen LogP) is 4.66. The van der Waals surface area contributed by atoms with Gasteiger partial charge < -0.3 is 14.6 Å². The molecule has 0 radical (unpaired) electrons. The third-order valence-electron chi connectivity index (χ3n) is 6.99. The topological polar surface area (TPSA) is 45.2 Å². The minimum Gasteiger partial charge on any atom is -0.492 e. The van der Waals surface area contributed by atoms with Crippen LogP contribution in [0.5, 0.6) is 11.5 Å². The van der Waals surface area contributed by atoms with Crippen molar-refractivity contribution < 1.29 is 14.6 Å². The van der Waals surface area contributed by atoms with Crippen LogP contribution in [0.4, 0.5) is 0 Å². The quantitative estimate of drug-likeness (QED) is 0.600. The molecule has 5 nitrogen and oxygen atoms in total. The molecular weight excluding hydrogens is 412 g/mol. The van der Waals surface area contributed by atoms with Gasteiger partial charge in [-0.15, -0.1) is 0 Å². The maximum absolute atomic E-state index is 11.1. The van der Waals surface area contributed by atoms with E-state index in [4.69, 9.17) is 9.47 Å². The smallest absolute Gasteiger partial charge is 0.119 e. The number of aryl methyl sites for hydroxylation is 1. The normalized spacial score (nSPS) is 22.6. The Morgan fingerprint density at radius 2 is 1.42 bits per heavy atom. The summed E-state index contributed by atoms with van der Waals surface area (Å²) >= 11 is 0. The van der Waals surface area contributed by atoms with Crippen molar-refractivity contribution in [2.75, 3.05) is 45.9 Å². The lowest BCUT2D eigenvalue weighted by Gasteiger charge is -2.27. The summed E-state index contributed by atoms with van der Waals surface area (Å²) < 4.78 is 11.9. The Morgan fingerprint density at radius 1 is 0.758 bits per heavy atom. The summed E-state index contributed by atoms with van der Waals surface area (Å²) in [7, 11) is 0. The average molecular weight is 453 g/mol. The van der Waals surface area contributed by atoms with Gasteiger partial charge in [-0.3, -0.25) is 9.80 Å². The molecule has 4 rings (SSSR count). The van der Waals surface area contributed by atoms with E-state index >= 15 is 0 Å². The first-order chi connectivity index (χ1) is 16.1. The Labute approximate surface area is 199 Å². The van der Waals surface area contributed by atoms with Crippen LogP contribution in [-0.4, -0.2) is 66.4 Å². The maximum atomic E-state index is 11.1. The van der Waals surface area contributed by atoms with Crippen molar-refractivity contribution in [2.45, 2.75) is 57.6 Å². The van der Waals surface area contributed by atoms with E-state index in [0.29, 0.717) is 6.61 Å². The lowest BCUT2D eigenvalue weighted by molar-refractivity contribution is -0.0168. The van der Waals surface area contributed by atoms with Gasteiger partial charge in [0, 0.05) is 19.6 Å². The Kier molecular flexibility index (Phi) is 8.65. The molecule has 2 saturated heterocycles. The number of benzene rings is 2. The molecule has 0 spiro atoms. The van der Waals surface area contributed by atoms with E-state index in [0.717, 1.165) is 63.5 Å². The van der Waals surface area contributed by atoms with Crippen molar-refractivity contribution in [1.29, 1.82) is 0 Å². The standard InChI is InChI=1S/C28H40N2O3/c1-24-6-10-27(11-7-24)33-23-28(31)14-5-18-30(19-15-28)22-25-8-12-26(13-9-25)32-21-20-29-16-3-2-4-17-29/h6-13,31H,2-5,14-23H2,1H3/t28-/m0/s1. The highest BCUT2D eigenvalue weighted by Crippen LogP contribution is 2.25. The molecule has 2 aliphatic rings. The minimum atomic E-state index is -0.758. The second-order valence-corrected chi connectivity index (χ2v) is 9.85. The summed E-state index contributed by atoms with van der Waals surface area (Å²) in [6.45, 7) is 9.41. The molecule has 0 bridgehead atoms. The largest absolute Gasteiger partial charge is 0.492 e. The van der Waals surface area contributed by atoms with Gasteiger partial charge in [0.05, 0.1) is 5.60 Å². The molecule has 1 N–H and O–H groups in total. The molecule has 2 fully saturated rings. The third kappa shape index (κ3) is 7.73. The van der Waals surface area contributed by atoms with Gasteiger partial charge in [-0.2, -0.15) is 0 Å². The highest BCUT2D eigenvalue weighted by molar-refractivity contribution is 5.27. The van der Waals surface area contributed by atoms with E-state index < -0.39 is 5.60 Å². The molecule has 2 heterocycles. The summed E-state index contributed by atoms with van der Waals surface area (Å²) in [5, 5.41) is 11.1. The first-order valence-electron chi connectivity index (χ1n) is 12.7. The zero-order valence-electron chi connectivity index (χ0n) is 20.2. The molecule has 1 atom stereocenters. The molecule has 0 saturated carbocycles. The van der Waals surface area contributed by atoms with Crippen molar-refractivity contribution in [3.8, 4) is 11.5 Å². The number of ether oxygens (including phenoxy) is 2. The first kappa shape index (κ1) is 24.1. The fourth-order valence-electron chi connectivity index (χ4n) is 4.81. The molecule has 0 amide bonds. The van der Waals surface area contributed by atoms with E-state index in [1.54, 1.807) is 0 Å². The van der Waals surface area contributed by atoms with Gasteiger partial charge in [-0.1, -0.05) is 36.2 Å². The number of nitrogens with zero attached hydrogens (tertiary/aromatic N) is 2. The van der Waals surface area contributed by atoms with E-state index in [-0.39, 0.29) is 0 Å². The summed E-state index contributed by atoms with van der Waals surface area (Å²) in [6, 6.07) is 16.6. The zero-order chi connectivity index (χ0) is 22.9. The molecule has 0 aromatic heterocycles. The second kappa shape index (κ2) is 11.9. The van der Waals surface area contributed by atoms with Crippen LogP contribution in [0.3, 0.4) is 0 Å². The SMILES string of the molecule is Cc1ccc(OC[C@]2(O)CCCN(Cc3ccc(OCCN4CCCCC4)cc3)CC2)cc1. The van der Waals surface area contributed by atoms with Gasteiger partial charge in [0.2, 0.25) is 0 Å². The number of rotatable bonds is 9. The van der Waals surface area contributed by atoms with Crippen molar-refractivity contribution in [3.63, 3.8) is 0 Å². The summed E-state index contributed by atoms with van der Waals surface area (Å²) in [5.74, 6) is 1.78. The summed E-state index contributed by atoms with van der Waals surface area (Å²) in [6.07, 6.45) is 6.50. The van der Waals surface area contributed by atoms with Gasteiger partial charge in [0.25, 0.3) is 0 Å². The van der Waals surface area contributed by atoms with E-state index in [1.807, 2.05) is 24.3 Å². The van der Waals surface area contributed by atoms with Crippen molar-refractivity contribution in [3.05, 3.63) is 59.7 Å². The molecule has 33 heavy (non-hydrogen) atoms. The fraction of sp³-hybridized carbons (Fsp3) is 0.571. The fourth-order valence-corrected chi connectivity index (χ4v) is 4.81. The third-order valence-corrected chi connectivity index (χ3v) is 6.99. The molecular formula is C28H40N2O3. The van der Waals surface area contributed by atoms with Crippen molar-refractivity contribution in [2.24, 2.45) is 0 Å². The lowest BCUT2D eigenvalue weighted by Crippen LogP contribution is -2.37. The lowest BCUT2D eigenvalue weighted by atomic mass is 9.96. The Morgan fingerprint density at radius 3 is 2.18 bits per heavy atom. The van der Waals surface area contributed by atoms with Gasteiger partial charge in [-0.25, -0.2) is 0 Å². The average Bonchev–Trinajstić information content (AvgIpc) is 3.02. The number of aliphatic hydroxyl groups is 1. The molecule has 2 aliphatic heterocycles. The van der Waals surface area contributed by atoms with E-state index in [2.05, 4.69) is 41.0 Å². The molecule has 180 valence electrons. The Bertz CT molecular complexity index is 833. The van der Waals surface area contributed by atoms with Crippen LogP contribution in [0.25, 0.3) is 0 Å². The molecule has 0 aliphatic carbocycles. The summed E-state index contributed by atoms with van der Waals surface area (Å²) in [4.78, 5) is 4.94. The van der Waals surface area contributed by atoms with Crippen LogP contribution in [0, 0.1) is 6.92 Å². The molecule has 0 unspecified atom stereocenters. The number of hydrogen-bond acceptors (Lipinski definition) is 5. The zero-order valence-corrected chi connectivity index (χ0v) is 20.2. The summed E-state index contributed by atoms with van der Waals surface area (Å²) in [5.41, 5.74) is 1.74. The van der Waals surface area contributed by atoms with Gasteiger partial charge in [0.15, 0.2) is 0 Å². The Balaban J connectivity index is 1.19. The highest BCUT2D eigenvalue weighted by Gasteiger charge is 2.31. The van der Waals surface area contributed by atoms with Crippen molar-refractivity contribution in [1.82, 2.24) is 9.80 Å². The van der Waals surface area contributed by atoms with E-state index in [1.165, 1.54) is 43.5 Å². The second-order valence-electron chi connectivity index (χ2n) is 9.85.